The molecule has 6 nitrogen and oxygen atoms in total. The number of halogens is 1. The first-order valence-corrected chi connectivity index (χ1v) is 11.0. The van der Waals surface area contributed by atoms with Crippen molar-refractivity contribution in [2.45, 2.75) is 12.5 Å². The lowest BCUT2D eigenvalue weighted by molar-refractivity contribution is -0.132. The largest absolute Gasteiger partial charge is 0.493 e. The average molecular weight is 463 g/mol. The minimum absolute atomic E-state index is 0.219. The first-order valence-electron chi connectivity index (χ1n) is 10.6. The second kappa shape index (κ2) is 8.14. The fourth-order valence-corrected chi connectivity index (χ4v) is 4.82. The summed E-state index contributed by atoms with van der Waals surface area (Å²) in [5.74, 6) is 0.769. The summed E-state index contributed by atoms with van der Waals surface area (Å²) in [5, 5.41) is 13.3. The van der Waals surface area contributed by atoms with Crippen LogP contribution in [-0.2, 0) is 10.4 Å². The van der Waals surface area contributed by atoms with Crippen LogP contribution in [0.3, 0.4) is 0 Å². The Labute approximate surface area is 196 Å². The van der Waals surface area contributed by atoms with Gasteiger partial charge < -0.3 is 24.5 Å². The predicted molar refractivity (Wildman–Crippen MR) is 128 cm³/mol. The van der Waals surface area contributed by atoms with Crippen molar-refractivity contribution in [1.82, 2.24) is 4.98 Å². The minimum Gasteiger partial charge on any atom is -0.493 e. The van der Waals surface area contributed by atoms with Crippen molar-refractivity contribution in [1.29, 1.82) is 0 Å². The van der Waals surface area contributed by atoms with Crippen molar-refractivity contribution in [3.05, 3.63) is 88.6 Å². The number of rotatable bonds is 6. The second-order valence-electron chi connectivity index (χ2n) is 8.00. The van der Waals surface area contributed by atoms with Crippen molar-refractivity contribution in [3.63, 3.8) is 0 Å². The number of nitrogens with one attached hydrogen (secondary N) is 1. The van der Waals surface area contributed by atoms with Gasteiger partial charge >= 0.3 is 0 Å². The van der Waals surface area contributed by atoms with Crippen LogP contribution < -0.4 is 14.4 Å². The number of aryl methyl sites for hydroxylation is 1. The molecule has 4 aromatic rings. The molecule has 1 unspecified atom stereocenters. The molecule has 2 heterocycles. The van der Waals surface area contributed by atoms with Gasteiger partial charge in [-0.3, -0.25) is 4.79 Å². The Morgan fingerprint density at radius 2 is 1.79 bits per heavy atom. The van der Waals surface area contributed by atoms with E-state index in [4.69, 9.17) is 21.1 Å². The smallest absolute Gasteiger partial charge is 0.268 e. The quantitative estimate of drug-likeness (QED) is 0.431. The molecule has 0 radical (unpaired) electrons. The molecule has 0 aliphatic carbocycles. The van der Waals surface area contributed by atoms with Gasteiger partial charge in [-0.15, -0.1) is 0 Å². The maximum Gasteiger partial charge on any atom is 0.268 e. The highest BCUT2D eigenvalue weighted by molar-refractivity contribution is 6.31. The van der Waals surface area contributed by atoms with Gasteiger partial charge in [0.2, 0.25) is 0 Å². The zero-order valence-corrected chi connectivity index (χ0v) is 19.0. The molecule has 0 spiro atoms. The molecule has 33 heavy (non-hydrogen) atoms. The number of aromatic nitrogens is 1. The van der Waals surface area contributed by atoms with E-state index >= 15 is 0 Å². The Kier molecular flexibility index (Phi) is 5.27. The third-order valence-electron chi connectivity index (χ3n) is 6.09. The Bertz CT molecular complexity index is 1370. The molecule has 5 rings (SSSR count). The number of fused-ring (bicyclic) bond motifs is 2. The van der Waals surface area contributed by atoms with Crippen LogP contribution >= 0.6 is 11.6 Å². The number of ether oxygens (including phenoxy) is 2. The fourth-order valence-electron chi connectivity index (χ4n) is 4.64. The maximum absolute atomic E-state index is 13.8. The van der Waals surface area contributed by atoms with E-state index in [-0.39, 0.29) is 13.2 Å². The monoisotopic (exact) mass is 462 g/mol. The highest BCUT2D eigenvalue weighted by Crippen LogP contribution is 2.48. The van der Waals surface area contributed by atoms with Gasteiger partial charge in [-0.05, 0) is 43.3 Å². The number of hydrogen-bond donors (Lipinski definition) is 2. The molecule has 3 aromatic carbocycles. The van der Waals surface area contributed by atoms with E-state index in [9.17, 15) is 9.90 Å². The highest BCUT2D eigenvalue weighted by Gasteiger charge is 2.53. The van der Waals surface area contributed by atoms with Crippen LogP contribution in [0.15, 0.2) is 66.7 Å². The Morgan fingerprint density at radius 3 is 2.58 bits per heavy atom. The first kappa shape index (κ1) is 21.4. The fraction of sp³-hybridized carbons (Fsp3) is 0.192. The van der Waals surface area contributed by atoms with Crippen LogP contribution in [0.2, 0.25) is 5.02 Å². The second-order valence-corrected chi connectivity index (χ2v) is 8.44. The topological polar surface area (TPSA) is 74.8 Å². The number of aliphatic hydroxyl groups is 1. The number of benzene rings is 3. The molecular formula is C26H23ClN2O4. The molecule has 0 bridgehead atoms. The standard InChI is InChI=1S/C26H23ClN2O4/c1-16-24(18-7-3-4-8-20(18)28-16)26(31)19-15-17(27)11-12-21(19)29(25(26)30)13-14-33-23-10-6-5-9-22(23)32-2/h3-12,15,28,31H,13-14H2,1-2H3. The summed E-state index contributed by atoms with van der Waals surface area (Å²) in [6.07, 6.45) is 0. The van der Waals surface area contributed by atoms with Gasteiger partial charge in [0.05, 0.1) is 19.3 Å². The van der Waals surface area contributed by atoms with Crippen molar-refractivity contribution in [2.24, 2.45) is 0 Å². The molecule has 1 aliphatic rings. The lowest BCUT2D eigenvalue weighted by Gasteiger charge is -2.24. The molecule has 0 saturated heterocycles. The SMILES string of the molecule is COc1ccccc1OCCN1C(=O)C(O)(c2c(C)[nH]c3ccccc23)c2cc(Cl)ccc21. The zero-order chi connectivity index (χ0) is 23.2. The number of methoxy groups -OCH3 is 1. The number of hydrogen-bond acceptors (Lipinski definition) is 4. The molecule has 0 fully saturated rings. The van der Waals surface area contributed by atoms with Crippen LogP contribution in [0.4, 0.5) is 5.69 Å². The zero-order valence-electron chi connectivity index (χ0n) is 18.3. The minimum atomic E-state index is -1.87. The van der Waals surface area contributed by atoms with Gasteiger partial charge in [-0.25, -0.2) is 0 Å². The van der Waals surface area contributed by atoms with Crippen molar-refractivity contribution in [2.75, 3.05) is 25.2 Å². The number of amides is 1. The van der Waals surface area contributed by atoms with E-state index in [0.29, 0.717) is 33.3 Å². The van der Waals surface area contributed by atoms with Gasteiger partial charge in [0, 0.05) is 32.7 Å². The summed E-state index contributed by atoms with van der Waals surface area (Å²) in [7, 11) is 1.58. The molecule has 1 aromatic heterocycles. The molecule has 1 amide bonds. The van der Waals surface area contributed by atoms with Crippen molar-refractivity contribution < 1.29 is 19.4 Å². The molecule has 1 atom stereocenters. The molecule has 0 saturated carbocycles. The highest BCUT2D eigenvalue weighted by atomic mass is 35.5. The number of nitrogens with zero attached hydrogens (tertiary/aromatic N) is 1. The van der Waals surface area contributed by atoms with E-state index in [1.807, 2.05) is 55.5 Å². The van der Waals surface area contributed by atoms with Gasteiger partial charge in [-0.1, -0.05) is 41.9 Å². The average Bonchev–Trinajstić information content (AvgIpc) is 3.26. The lowest BCUT2D eigenvalue weighted by atomic mass is 9.85. The van der Waals surface area contributed by atoms with Crippen LogP contribution in [0.5, 0.6) is 11.5 Å². The summed E-state index contributed by atoms with van der Waals surface area (Å²) < 4.78 is 11.2. The van der Waals surface area contributed by atoms with Crippen LogP contribution in [0.1, 0.15) is 16.8 Å². The normalized spacial score (nSPS) is 17.5. The van der Waals surface area contributed by atoms with E-state index in [2.05, 4.69) is 4.98 Å². The third kappa shape index (κ3) is 3.34. The molecule has 2 N–H and O–H groups in total. The summed E-state index contributed by atoms with van der Waals surface area (Å²) in [6, 6.07) is 20.1. The van der Waals surface area contributed by atoms with E-state index < -0.39 is 11.5 Å². The molecule has 7 heteroatoms. The molecule has 1 aliphatic heterocycles. The summed E-state index contributed by atoms with van der Waals surface area (Å²) in [6.45, 7) is 2.32. The van der Waals surface area contributed by atoms with Crippen molar-refractivity contribution >= 4 is 34.1 Å². The van der Waals surface area contributed by atoms with E-state index in [1.54, 1.807) is 30.2 Å². The number of para-hydroxylation sites is 3. The summed E-state index contributed by atoms with van der Waals surface area (Å²) in [4.78, 5) is 18.6. The number of carbonyl (C=O) groups is 1. The van der Waals surface area contributed by atoms with Gasteiger partial charge in [0.15, 0.2) is 17.1 Å². The summed E-state index contributed by atoms with van der Waals surface area (Å²) >= 11 is 6.30. The van der Waals surface area contributed by atoms with E-state index in [0.717, 1.165) is 16.6 Å². The van der Waals surface area contributed by atoms with Crippen LogP contribution in [0.25, 0.3) is 10.9 Å². The molecule has 168 valence electrons. The Hall–Kier alpha value is -3.48. The third-order valence-corrected chi connectivity index (χ3v) is 6.33. The Balaban J connectivity index is 1.53. The Morgan fingerprint density at radius 1 is 1.06 bits per heavy atom. The molecular weight excluding hydrogens is 440 g/mol. The maximum atomic E-state index is 13.8. The van der Waals surface area contributed by atoms with Crippen LogP contribution in [-0.4, -0.2) is 36.3 Å². The van der Waals surface area contributed by atoms with Crippen LogP contribution in [0, 0.1) is 6.92 Å². The van der Waals surface area contributed by atoms with Crippen molar-refractivity contribution in [3.8, 4) is 11.5 Å². The van der Waals surface area contributed by atoms with Gasteiger partial charge in [0.1, 0.15) is 6.61 Å². The van der Waals surface area contributed by atoms with E-state index in [1.165, 1.54) is 0 Å². The summed E-state index contributed by atoms with van der Waals surface area (Å²) in [5.41, 5.74) is 1.33. The van der Waals surface area contributed by atoms with Gasteiger partial charge in [-0.2, -0.15) is 0 Å². The lowest BCUT2D eigenvalue weighted by Crippen LogP contribution is -2.43. The van der Waals surface area contributed by atoms with Gasteiger partial charge in [0.25, 0.3) is 5.91 Å². The number of H-pyrrole nitrogens is 1. The first-order chi connectivity index (χ1) is 15.9. The number of carbonyl (C=O) groups excluding carboxylic acids is 1. The number of anilines is 1. The predicted octanol–water partition coefficient (Wildman–Crippen LogP) is 4.80. The number of aromatic amines is 1.